The molecule has 0 saturated carbocycles. The lowest BCUT2D eigenvalue weighted by Crippen LogP contribution is -2.20. The maximum Gasteiger partial charge on any atom is 0.350 e. The molecule has 0 unspecified atom stereocenters. The maximum atomic E-state index is 12.0. The standard InChI is InChI=1S/C16H22N2O4/c1-3-5-15(18-11-13-6-7-21-12-13)14(10-17)16(19)22-9-8-20-4-2/h6-7,12,18H,3-5,8-9,11H2,1-2H3/b15-14+. The normalized spacial score (nSPS) is 11.5. The molecule has 0 spiro atoms. The van der Waals surface area contributed by atoms with Crippen molar-refractivity contribution >= 4 is 5.97 Å². The highest BCUT2D eigenvalue weighted by atomic mass is 16.6. The zero-order valence-electron chi connectivity index (χ0n) is 13.1. The van der Waals surface area contributed by atoms with E-state index in [1.54, 1.807) is 12.5 Å². The molecule has 0 aliphatic heterocycles. The van der Waals surface area contributed by atoms with Crippen LogP contribution in [0, 0.1) is 11.3 Å². The molecule has 0 aromatic carbocycles. The molecule has 0 bridgehead atoms. The summed E-state index contributed by atoms with van der Waals surface area (Å²) in [7, 11) is 0. The van der Waals surface area contributed by atoms with Crippen LogP contribution in [0.5, 0.6) is 0 Å². The van der Waals surface area contributed by atoms with Crippen LogP contribution in [0.1, 0.15) is 32.3 Å². The molecule has 1 N–H and O–H groups in total. The summed E-state index contributed by atoms with van der Waals surface area (Å²) in [4.78, 5) is 12.0. The van der Waals surface area contributed by atoms with Crippen LogP contribution in [0.4, 0.5) is 0 Å². The summed E-state index contributed by atoms with van der Waals surface area (Å²) in [6.07, 6.45) is 4.60. The van der Waals surface area contributed by atoms with Crippen molar-refractivity contribution in [3.05, 3.63) is 35.4 Å². The van der Waals surface area contributed by atoms with E-state index in [9.17, 15) is 10.1 Å². The number of hydrogen-bond donors (Lipinski definition) is 1. The van der Waals surface area contributed by atoms with Crippen molar-refractivity contribution in [2.45, 2.75) is 33.2 Å². The van der Waals surface area contributed by atoms with Gasteiger partial charge in [0.05, 0.1) is 19.1 Å². The number of rotatable bonds is 10. The van der Waals surface area contributed by atoms with Crippen LogP contribution in [0.3, 0.4) is 0 Å². The molecule has 0 fully saturated rings. The summed E-state index contributed by atoms with van der Waals surface area (Å²) in [6, 6.07) is 3.76. The van der Waals surface area contributed by atoms with Gasteiger partial charge in [-0.1, -0.05) is 13.3 Å². The number of nitrogens with zero attached hydrogens (tertiary/aromatic N) is 1. The van der Waals surface area contributed by atoms with E-state index in [4.69, 9.17) is 13.9 Å². The van der Waals surface area contributed by atoms with Crippen molar-refractivity contribution in [2.75, 3.05) is 19.8 Å². The molecule has 120 valence electrons. The van der Waals surface area contributed by atoms with Gasteiger partial charge in [-0.2, -0.15) is 5.26 Å². The Balaban J connectivity index is 2.69. The zero-order valence-corrected chi connectivity index (χ0v) is 13.1. The van der Waals surface area contributed by atoms with Gasteiger partial charge in [0.25, 0.3) is 0 Å². The number of furan rings is 1. The Kier molecular flexibility index (Phi) is 8.46. The first kappa shape index (κ1) is 17.8. The Bertz CT molecular complexity index is 515. The van der Waals surface area contributed by atoms with Gasteiger partial charge >= 0.3 is 5.97 Å². The van der Waals surface area contributed by atoms with Crippen molar-refractivity contribution in [3.8, 4) is 6.07 Å². The first-order valence-corrected chi connectivity index (χ1v) is 7.35. The molecule has 0 aliphatic rings. The van der Waals surface area contributed by atoms with Crippen molar-refractivity contribution in [2.24, 2.45) is 0 Å². The van der Waals surface area contributed by atoms with Crippen molar-refractivity contribution in [1.82, 2.24) is 5.32 Å². The van der Waals surface area contributed by atoms with Crippen LogP contribution in [0.15, 0.2) is 34.3 Å². The molecule has 0 amide bonds. The smallest absolute Gasteiger partial charge is 0.350 e. The molecule has 22 heavy (non-hydrogen) atoms. The summed E-state index contributed by atoms with van der Waals surface area (Å²) < 4.78 is 15.1. The lowest BCUT2D eigenvalue weighted by molar-refractivity contribution is -0.140. The first-order valence-electron chi connectivity index (χ1n) is 7.35. The van der Waals surface area contributed by atoms with Crippen LogP contribution in [0.25, 0.3) is 0 Å². The van der Waals surface area contributed by atoms with Gasteiger partial charge in [-0.05, 0) is 19.4 Å². The predicted octanol–water partition coefficient (Wildman–Crippen LogP) is 2.53. The molecule has 1 aromatic rings. The number of esters is 1. The molecule has 1 rings (SSSR count). The van der Waals surface area contributed by atoms with Crippen LogP contribution >= 0.6 is 0 Å². The van der Waals surface area contributed by atoms with E-state index in [2.05, 4.69) is 5.32 Å². The highest BCUT2D eigenvalue weighted by Gasteiger charge is 2.16. The van der Waals surface area contributed by atoms with Gasteiger partial charge in [0.15, 0.2) is 5.57 Å². The molecule has 1 aromatic heterocycles. The SMILES string of the molecule is CCC/C(NCc1ccoc1)=C(/C#N)C(=O)OCCOCC. The Hall–Kier alpha value is -2.26. The van der Waals surface area contributed by atoms with Gasteiger partial charge in [0, 0.05) is 24.4 Å². The zero-order chi connectivity index (χ0) is 16.2. The number of nitriles is 1. The summed E-state index contributed by atoms with van der Waals surface area (Å²) in [5.74, 6) is -0.620. The lowest BCUT2D eigenvalue weighted by Gasteiger charge is -2.12. The van der Waals surface area contributed by atoms with E-state index in [0.717, 1.165) is 12.0 Å². The second-order valence-electron chi connectivity index (χ2n) is 4.53. The van der Waals surface area contributed by atoms with Crippen LogP contribution < -0.4 is 5.32 Å². The average Bonchev–Trinajstić information content (AvgIpc) is 3.03. The highest BCUT2D eigenvalue weighted by molar-refractivity contribution is 5.93. The fourth-order valence-corrected chi connectivity index (χ4v) is 1.80. The van der Waals surface area contributed by atoms with Crippen molar-refractivity contribution in [3.63, 3.8) is 0 Å². The molecule has 6 heteroatoms. The minimum Gasteiger partial charge on any atom is -0.472 e. The molecular formula is C16H22N2O4. The van der Waals surface area contributed by atoms with Gasteiger partial charge in [-0.3, -0.25) is 0 Å². The van der Waals surface area contributed by atoms with E-state index in [1.165, 1.54) is 0 Å². The number of nitrogens with one attached hydrogen (secondary N) is 1. The molecule has 0 radical (unpaired) electrons. The number of carbonyl (C=O) groups excluding carboxylic acids is 1. The van der Waals surface area contributed by atoms with Crippen LogP contribution in [0.2, 0.25) is 0 Å². The summed E-state index contributed by atoms with van der Waals surface area (Å²) in [6.45, 7) is 5.36. The van der Waals surface area contributed by atoms with Gasteiger partial charge < -0.3 is 19.2 Å². The number of ether oxygens (including phenoxy) is 2. The Morgan fingerprint density at radius 2 is 2.23 bits per heavy atom. The maximum absolute atomic E-state index is 12.0. The van der Waals surface area contributed by atoms with E-state index in [-0.39, 0.29) is 12.2 Å². The fourth-order valence-electron chi connectivity index (χ4n) is 1.80. The lowest BCUT2D eigenvalue weighted by atomic mass is 10.1. The second kappa shape index (κ2) is 10.5. The van der Waals surface area contributed by atoms with Gasteiger partial charge in [0.1, 0.15) is 12.7 Å². The second-order valence-corrected chi connectivity index (χ2v) is 4.53. The first-order chi connectivity index (χ1) is 10.7. The number of hydrogen-bond acceptors (Lipinski definition) is 6. The minimum absolute atomic E-state index is 0.0156. The molecule has 6 nitrogen and oxygen atoms in total. The van der Waals surface area contributed by atoms with Crippen molar-refractivity contribution < 1.29 is 18.7 Å². The Labute approximate surface area is 130 Å². The van der Waals surface area contributed by atoms with Crippen LogP contribution in [-0.2, 0) is 20.8 Å². The average molecular weight is 306 g/mol. The van der Waals surface area contributed by atoms with Crippen LogP contribution in [-0.4, -0.2) is 25.8 Å². The number of carbonyl (C=O) groups is 1. The monoisotopic (exact) mass is 306 g/mol. The molecule has 0 aliphatic carbocycles. The molecule has 0 atom stereocenters. The predicted molar refractivity (Wildman–Crippen MR) is 80.5 cm³/mol. The quantitative estimate of drug-likeness (QED) is 0.309. The third kappa shape index (κ3) is 6.02. The van der Waals surface area contributed by atoms with E-state index in [1.807, 2.05) is 26.0 Å². The van der Waals surface area contributed by atoms with Gasteiger partial charge in [-0.15, -0.1) is 0 Å². The largest absolute Gasteiger partial charge is 0.472 e. The van der Waals surface area contributed by atoms with E-state index in [0.29, 0.717) is 31.9 Å². The highest BCUT2D eigenvalue weighted by Crippen LogP contribution is 2.11. The Morgan fingerprint density at radius 3 is 2.82 bits per heavy atom. The molecule has 0 saturated heterocycles. The number of allylic oxidation sites excluding steroid dienone is 1. The van der Waals surface area contributed by atoms with E-state index < -0.39 is 5.97 Å². The summed E-state index contributed by atoms with van der Waals surface area (Å²) in [5, 5.41) is 12.4. The van der Waals surface area contributed by atoms with Gasteiger partial charge in [0.2, 0.25) is 0 Å². The topological polar surface area (TPSA) is 84.5 Å². The van der Waals surface area contributed by atoms with Crippen molar-refractivity contribution in [1.29, 1.82) is 5.26 Å². The van der Waals surface area contributed by atoms with Gasteiger partial charge in [-0.25, -0.2) is 4.79 Å². The fraction of sp³-hybridized carbons (Fsp3) is 0.500. The Morgan fingerprint density at radius 1 is 1.41 bits per heavy atom. The molecular weight excluding hydrogens is 284 g/mol. The van der Waals surface area contributed by atoms with E-state index >= 15 is 0 Å². The summed E-state index contributed by atoms with van der Waals surface area (Å²) in [5.41, 5.74) is 1.55. The third-order valence-corrected chi connectivity index (χ3v) is 2.87. The summed E-state index contributed by atoms with van der Waals surface area (Å²) >= 11 is 0. The molecule has 1 heterocycles. The third-order valence-electron chi connectivity index (χ3n) is 2.87. The minimum atomic E-state index is -0.620.